The molecule has 0 radical (unpaired) electrons. The van der Waals surface area contributed by atoms with E-state index in [0.29, 0.717) is 5.69 Å². The molecule has 0 aliphatic rings. The minimum Gasteiger partial charge on any atom is -0.236 e. The van der Waals surface area contributed by atoms with Crippen LogP contribution in [-0.4, -0.2) is 9.97 Å². The summed E-state index contributed by atoms with van der Waals surface area (Å²) in [6.45, 7) is 0. The normalized spacial score (nSPS) is 7.88. The molecule has 0 saturated carbocycles. The fraction of sp³-hybridized carbons (Fsp3) is 0. The molecule has 0 unspecified atom stereocenters. The zero-order chi connectivity index (χ0) is 5.82. The molecule has 1 heterocycles. The summed E-state index contributed by atoms with van der Waals surface area (Å²) >= 11 is 0. The molecule has 8 heavy (non-hydrogen) atoms. The van der Waals surface area contributed by atoms with Crippen molar-refractivity contribution < 1.29 is 0 Å². The first-order valence-corrected chi connectivity index (χ1v) is 2.03. The number of diazo groups is 1. The Kier molecular flexibility index (Phi) is 1.15. The summed E-state index contributed by atoms with van der Waals surface area (Å²) in [6, 6.07) is 0. The van der Waals surface area contributed by atoms with E-state index in [2.05, 4.69) is 14.9 Å². The molecule has 1 aromatic heterocycles. The standard InChI is InChI=1S/C4H3N4/c5-8-4-1-6-3-7-2-4/h1-3H/q+1. The molecule has 0 aliphatic carbocycles. The zero-order valence-electron chi connectivity index (χ0n) is 4.02. The van der Waals surface area contributed by atoms with E-state index in [9.17, 15) is 0 Å². The molecule has 0 aliphatic heterocycles. The molecule has 0 atom stereocenters. The van der Waals surface area contributed by atoms with E-state index in [-0.39, 0.29) is 0 Å². The van der Waals surface area contributed by atoms with Gasteiger partial charge in [0.15, 0.2) is 4.98 Å². The third kappa shape index (κ3) is 0.763. The van der Waals surface area contributed by atoms with Gasteiger partial charge in [0.05, 0.1) is 0 Å². The van der Waals surface area contributed by atoms with Crippen molar-refractivity contribution in [3.8, 4) is 0 Å². The molecule has 4 nitrogen and oxygen atoms in total. The van der Waals surface area contributed by atoms with Crippen LogP contribution in [-0.2, 0) is 0 Å². The van der Waals surface area contributed by atoms with Crippen LogP contribution < -0.4 is 0 Å². The fourth-order valence-corrected chi connectivity index (χ4v) is 0.343. The summed E-state index contributed by atoms with van der Waals surface area (Å²) in [5.41, 5.74) is 0.368. The van der Waals surface area contributed by atoms with Crippen molar-refractivity contribution in [2.24, 2.45) is 0 Å². The molecule has 0 N–H and O–H groups in total. The summed E-state index contributed by atoms with van der Waals surface area (Å²) in [7, 11) is 0. The van der Waals surface area contributed by atoms with Crippen LogP contribution in [0.1, 0.15) is 0 Å². The topological polar surface area (TPSA) is 53.9 Å². The average molecular weight is 107 g/mol. The van der Waals surface area contributed by atoms with Crippen molar-refractivity contribution in [1.82, 2.24) is 9.97 Å². The van der Waals surface area contributed by atoms with E-state index in [4.69, 9.17) is 5.39 Å². The van der Waals surface area contributed by atoms with Crippen LogP contribution in [0.4, 0.5) is 5.69 Å². The van der Waals surface area contributed by atoms with Gasteiger partial charge in [-0.15, -0.1) is 0 Å². The fourth-order valence-electron chi connectivity index (χ4n) is 0.343. The first-order valence-electron chi connectivity index (χ1n) is 2.03. The zero-order valence-corrected chi connectivity index (χ0v) is 4.02. The van der Waals surface area contributed by atoms with Gasteiger partial charge < -0.3 is 0 Å². The molecular weight excluding hydrogens is 104 g/mol. The van der Waals surface area contributed by atoms with E-state index in [1.807, 2.05) is 0 Å². The molecule has 4 heteroatoms. The van der Waals surface area contributed by atoms with Crippen LogP contribution >= 0.6 is 0 Å². The van der Waals surface area contributed by atoms with Crippen LogP contribution in [0.3, 0.4) is 0 Å². The predicted octanol–water partition coefficient (Wildman–Crippen LogP) is 0.961. The third-order valence-electron chi connectivity index (χ3n) is 0.662. The average Bonchev–Trinajstić information content (AvgIpc) is 1.90. The lowest BCUT2D eigenvalue weighted by molar-refractivity contribution is 1.17. The smallest absolute Gasteiger partial charge is 0.236 e. The maximum atomic E-state index is 8.08. The Labute approximate surface area is 45.8 Å². The van der Waals surface area contributed by atoms with E-state index < -0.39 is 0 Å². The maximum absolute atomic E-state index is 8.08. The second-order valence-electron chi connectivity index (χ2n) is 1.20. The van der Waals surface area contributed by atoms with Gasteiger partial charge in [0.25, 0.3) is 0 Å². The van der Waals surface area contributed by atoms with Crippen molar-refractivity contribution in [3.05, 3.63) is 23.7 Å². The molecule has 1 rings (SSSR count). The van der Waals surface area contributed by atoms with Crippen molar-refractivity contribution in [2.45, 2.75) is 0 Å². The minimum absolute atomic E-state index is 0.368. The summed E-state index contributed by atoms with van der Waals surface area (Å²) in [4.78, 5) is 10.0. The molecule has 38 valence electrons. The van der Waals surface area contributed by atoms with E-state index in [0.717, 1.165) is 0 Å². The third-order valence-corrected chi connectivity index (χ3v) is 0.662. The first-order chi connectivity index (χ1) is 3.93. The summed E-state index contributed by atoms with van der Waals surface area (Å²) in [5.74, 6) is 0. The largest absolute Gasteiger partial charge is 0.421 e. The summed E-state index contributed by atoms with van der Waals surface area (Å²) in [6.07, 6.45) is 4.19. The molecule has 0 fully saturated rings. The highest BCUT2D eigenvalue weighted by Gasteiger charge is 1.98. The van der Waals surface area contributed by atoms with E-state index in [1.54, 1.807) is 0 Å². The minimum atomic E-state index is 0.368. The Bertz CT molecular complexity index is 199. The van der Waals surface area contributed by atoms with Crippen LogP contribution in [0.2, 0.25) is 0 Å². The predicted molar refractivity (Wildman–Crippen MR) is 26.8 cm³/mol. The number of hydrogen-bond acceptors (Lipinski definition) is 3. The Hall–Kier alpha value is -1.50. The Morgan fingerprint density at radius 2 is 2.00 bits per heavy atom. The number of nitrogens with zero attached hydrogens (tertiary/aromatic N) is 4. The highest BCUT2D eigenvalue weighted by Crippen LogP contribution is 2.02. The molecule has 0 saturated heterocycles. The second-order valence-corrected chi connectivity index (χ2v) is 1.20. The van der Waals surface area contributed by atoms with Gasteiger partial charge in [0.2, 0.25) is 5.39 Å². The summed E-state index contributed by atoms with van der Waals surface area (Å²) < 4.78 is 0. The highest BCUT2D eigenvalue weighted by atomic mass is 14.9. The lowest BCUT2D eigenvalue weighted by Gasteiger charge is -1.69. The van der Waals surface area contributed by atoms with Crippen LogP contribution in [0.15, 0.2) is 18.7 Å². The van der Waals surface area contributed by atoms with Gasteiger partial charge in [-0.2, -0.15) is 0 Å². The van der Waals surface area contributed by atoms with Crippen LogP contribution in [0.5, 0.6) is 0 Å². The maximum Gasteiger partial charge on any atom is 0.421 e. The Morgan fingerprint density at radius 3 is 2.38 bits per heavy atom. The Morgan fingerprint density at radius 1 is 1.38 bits per heavy atom. The first kappa shape index (κ1) is 4.65. The second kappa shape index (κ2) is 1.98. The molecule has 1 aromatic rings. The molecule has 0 spiro atoms. The van der Waals surface area contributed by atoms with E-state index in [1.165, 1.54) is 18.7 Å². The lowest BCUT2D eigenvalue weighted by atomic mass is 10.6. The van der Waals surface area contributed by atoms with E-state index >= 15 is 0 Å². The Balaban J connectivity index is 3.05. The van der Waals surface area contributed by atoms with Crippen molar-refractivity contribution in [3.63, 3.8) is 0 Å². The van der Waals surface area contributed by atoms with Gasteiger partial charge in [-0.3, -0.25) is 0 Å². The van der Waals surface area contributed by atoms with Crippen molar-refractivity contribution in [2.75, 3.05) is 0 Å². The van der Waals surface area contributed by atoms with Gasteiger partial charge >= 0.3 is 5.69 Å². The SMILES string of the molecule is N#[N+]c1cncnc1. The molecule has 0 amide bonds. The number of rotatable bonds is 0. The molecule has 0 aromatic carbocycles. The number of aromatic nitrogens is 2. The quantitative estimate of drug-likeness (QED) is 0.464. The van der Waals surface area contributed by atoms with Gasteiger partial charge in [-0.05, 0) is 0 Å². The van der Waals surface area contributed by atoms with Crippen LogP contribution in [0, 0.1) is 5.39 Å². The van der Waals surface area contributed by atoms with Crippen molar-refractivity contribution in [1.29, 1.82) is 5.39 Å². The van der Waals surface area contributed by atoms with Gasteiger partial charge in [-0.25, -0.2) is 9.97 Å². The number of hydrogen-bond donors (Lipinski definition) is 0. The lowest BCUT2D eigenvalue weighted by Crippen LogP contribution is -1.70. The van der Waals surface area contributed by atoms with Gasteiger partial charge in [0, 0.05) is 0 Å². The van der Waals surface area contributed by atoms with Crippen LogP contribution in [0.25, 0.3) is 4.98 Å². The monoisotopic (exact) mass is 107 g/mol. The van der Waals surface area contributed by atoms with Crippen molar-refractivity contribution >= 4 is 5.69 Å². The summed E-state index contributed by atoms with van der Waals surface area (Å²) in [5, 5.41) is 8.08. The highest BCUT2D eigenvalue weighted by molar-refractivity contribution is 5.36. The van der Waals surface area contributed by atoms with Gasteiger partial charge in [-0.1, -0.05) is 0 Å². The molecule has 0 bridgehead atoms. The molecular formula is C4H3N4+. The van der Waals surface area contributed by atoms with Gasteiger partial charge in [0.1, 0.15) is 18.7 Å².